The molecule has 9 rings (SSSR count). The van der Waals surface area contributed by atoms with Crippen molar-refractivity contribution in [1.29, 1.82) is 0 Å². The number of methoxy groups -OCH3 is 1. The minimum atomic E-state index is -0.906. The number of allylic oxidation sites excluding steroid dienone is 2. The van der Waals surface area contributed by atoms with E-state index in [1.807, 2.05) is 92.6 Å². The van der Waals surface area contributed by atoms with Gasteiger partial charge in [-0.2, -0.15) is 20.5 Å². The number of rotatable bonds is 10. The largest absolute Gasteiger partial charge is 0.504 e. The van der Waals surface area contributed by atoms with Crippen LogP contribution in [0.15, 0.2) is 146 Å². The standard InChI is InChI=1S/C49H45BrN8O6/c1-55(2)32-14-6-28(7-15-32)51-53-30-10-18-34(19-11-30)57-46(60)37-23-22-36-38(43(37)48(57)62)26-40-44(42(36)39-24-27(50)25-41(64-5)45(39)59)49(63)58(47(40)61)35-20-12-31(13-21-35)54-52-29-8-16-33(17-9-29)56(3)4/h6-22,24-25,37-38,40,42-44,59H,23,26H2,1-5H3/t37-,38+,40+,42+,43-,44+/m0/s1. The number of hydrogen-bond acceptors (Lipinski definition) is 12. The van der Waals surface area contributed by atoms with Gasteiger partial charge in [-0.3, -0.25) is 29.0 Å². The highest BCUT2D eigenvalue weighted by molar-refractivity contribution is 9.10. The Balaban J connectivity index is 1.01. The summed E-state index contributed by atoms with van der Waals surface area (Å²) in [4.78, 5) is 64.7. The molecule has 3 fully saturated rings. The summed E-state index contributed by atoms with van der Waals surface area (Å²) in [7, 11) is 9.28. The second-order valence-electron chi connectivity index (χ2n) is 16.8. The zero-order valence-corrected chi connectivity index (χ0v) is 37.4. The second-order valence-corrected chi connectivity index (χ2v) is 17.8. The summed E-state index contributed by atoms with van der Waals surface area (Å²) in [5.41, 5.74) is 6.40. The normalized spacial score (nSPS) is 22.8. The number of azo groups is 2. The Morgan fingerprint density at radius 1 is 0.594 bits per heavy atom. The van der Waals surface area contributed by atoms with Crippen molar-refractivity contribution in [3.63, 3.8) is 0 Å². The third-order valence-electron chi connectivity index (χ3n) is 12.8. The second kappa shape index (κ2) is 16.9. The van der Waals surface area contributed by atoms with E-state index in [0.717, 1.165) is 16.9 Å². The van der Waals surface area contributed by atoms with E-state index in [0.29, 0.717) is 44.2 Å². The molecular formula is C49H45BrN8O6. The van der Waals surface area contributed by atoms with Gasteiger partial charge in [-0.15, -0.1) is 0 Å². The molecule has 324 valence electrons. The van der Waals surface area contributed by atoms with Crippen molar-refractivity contribution in [2.75, 3.05) is 54.9 Å². The minimum Gasteiger partial charge on any atom is -0.504 e. The van der Waals surface area contributed by atoms with E-state index in [1.54, 1.807) is 60.7 Å². The number of carbonyl (C=O) groups excluding carboxylic acids is 4. The van der Waals surface area contributed by atoms with Gasteiger partial charge in [0.15, 0.2) is 11.5 Å². The highest BCUT2D eigenvalue weighted by Gasteiger charge is 2.62. The molecular weight excluding hydrogens is 876 g/mol. The number of ether oxygens (including phenoxy) is 1. The van der Waals surface area contributed by atoms with Gasteiger partial charge in [0.25, 0.3) is 0 Å². The zero-order valence-electron chi connectivity index (χ0n) is 35.8. The fourth-order valence-corrected chi connectivity index (χ4v) is 10.1. The van der Waals surface area contributed by atoms with Gasteiger partial charge in [-0.25, -0.2) is 0 Å². The molecule has 0 unspecified atom stereocenters. The fourth-order valence-electron chi connectivity index (χ4n) is 9.64. The number of fused-ring (bicyclic) bond motifs is 4. The van der Waals surface area contributed by atoms with Crippen LogP contribution in [0.25, 0.3) is 0 Å². The van der Waals surface area contributed by atoms with Gasteiger partial charge in [0, 0.05) is 55.5 Å². The smallest absolute Gasteiger partial charge is 0.238 e. The molecule has 6 atom stereocenters. The van der Waals surface area contributed by atoms with Crippen LogP contribution in [-0.2, 0) is 19.2 Å². The molecule has 4 amide bonds. The molecule has 4 aliphatic rings. The molecule has 2 heterocycles. The van der Waals surface area contributed by atoms with Crippen LogP contribution in [0.3, 0.4) is 0 Å². The Labute approximate surface area is 378 Å². The van der Waals surface area contributed by atoms with Gasteiger partial charge < -0.3 is 19.6 Å². The fraction of sp³-hybridized carbons (Fsp3) is 0.265. The van der Waals surface area contributed by atoms with Crippen molar-refractivity contribution in [2.45, 2.75) is 18.8 Å². The number of aromatic hydroxyl groups is 1. The topological polar surface area (TPSA) is 160 Å². The summed E-state index contributed by atoms with van der Waals surface area (Å²) in [5.74, 6) is -6.12. The van der Waals surface area contributed by atoms with Crippen LogP contribution < -0.4 is 24.3 Å². The first-order chi connectivity index (χ1) is 30.8. The van der Waals surface area contributed by atoms with E-state index in [4.69, 9.17) is 4.74 Å². The summed E-state index contributed by atoms with van der Waals surface area (Å²) in [5, 5.41) is 29.1. The number of carbonyl (C=O) groups is 4. The van der Waals surface area contributed by atoms with Crippen LogP contribution in [0.5, 0.6) is 11.5 Å². The van der Waals surface area contributed by atoms with Crippen LogP contribution >= 0.6 is 15.9 Å². The lowest BCUT2D eigenvalue weighted by Crippen LogP contribution is -2.43. The van der Waals surface area contributed by atoms with Crippen molar-refractivity contribution in [2.24, 2.45) is 50.0 Å². The van der Waals surface area contributed by atoms with Crippen LogP contribution in [0.2, 0.25) is 0 Å². The molecule has 0 bridgehead atoms. The van der Waals surface area contributed by atoms with Gasteiger partial charge >= 0.3 is 0 Å². The molecule has 5 aromatic rings. The highest BCUT2D eigenvalue weighted by atomic mass is 79.9. The molecule has 0 spiro atoms. The maximum Gasteiger partial charge on any atom is 0.238 e. The zero-order chi connectivity index (χ0) is 45.0. The third kappa shape index (κ3) is 7.52. The average molecular weight is 922 g/mol. The SMILES string of the molecule is COc1cc(Br)cc([C@H]2C3=CC[C@@H]4C(=O)N(c5ccc(N=Nc6ccc(N(C)C)cc6)cc5)C(=O)[C@@H]4[C@@H]3C[C@H]3C(=O)N(c4ccc(N=Nc5ccc(N(C)C)cc5)cc4)C(=O)[C@@H]23)c1O. The van der Waals surface area contributed by atoms with Gasteiger partial charge in [0.1, 0.15) is 0 Å². The number of nitrogens with zero attached hydrogens (tertiary/aromatic N) is 8. The molecule has 2 aliphatic carbocycles. The molecule has 5 aromatic carbocycles. The van der Waals surface area contributed by atoms with Gasteiger partial charge in [-0.1, -0.05) is 27.6 Å². The summed E-state index contributed by atoms with van der Waals surface area (Å²) < 4.78 is 6.14. The Bertz CT molecular complexity index is 2750. The van der Waals surface area contributed by atoms with Crippen LogP contribution in [0, 0.1) is 29.6 Å². The van der Waals surface area contributed by atoms with E-state index in [2.05, 4.69) is 36.4 Å². The lowest BCUT2D eigenvalue weighted by atomic mass is 9.57. The molecule has 14 nitrogen and oxygen atoms in total. The number of amides is 4. The number of imide groups is 2. The van der Waals surface area contributed by atoms with Crippen molar-refractivity contribution in [1.82, 2.24) is 0 Å². The predicted octanol–water partition coefficient (Wildman–Crippen LogP) is 10.2. The molecule has 0 aromatic heterocycles. The number of halogens is 1. The van der Waals surface area contributed by atoms with Crippen LogP contribution in [-0.4, -0.2) is 64.0 Å². The maximum atomic E-state index is 14.8. The molecule has 1 saturated carbocycles. The monoisotopic (exact) mass is 920 g/mol. The Morgan fingerprint density at radius 2 is 1.03 bits per heavy atom. The Hall–Kier alpha value is -7.00. The molecule has 2 saturated heterocycles. The van der Waals surface area contributed by atoms with E-state index >= 15 is 0 Å². The number of hydrogen-bond donors (Lipinski definition) is 1. The number of phenolic OH excluding ortho intramolecular Hbond substituents is 1. The predicted molar refractivity (Wildman–Crippen MR) is 248 cm³/mol. The quantitative estimate of drug-likeness (QED) is 0.0823. The minimum absolute atomic E-state index is 0.166. The van der Waals surface area contributed by atoms with Crippen molar-refractivity contribution < 1.29 is 29.0 Å². The Morgan fingerprint density at radius 3 is 1.48 bits per heavy atom. The van der Waals surface area contributed by atoms with E-state index in [9.17, 15) is 24.3 Å². The van der Waals surface area contributed by atoms with E-state index < -0.39 is 47.3 Å². The summed E-state index contributed by atoms with van der Waals surface area (Å²) in [6.45, 7) is 0. The first-order valence-electron chi connectivity index (χ1n) is 20.9. The third-order valence-corrected chi connectivity index (χ3v) is 13.2. The summed E-state index contributed by atoms with van der Waals surface area (Å²) in [6.07, 6.45) is 2.36. The van der Waals surface area contributed by atoms with Crippen LogP contribution in [0.4, 0.5) is 45.5 Å². The van der Waals surface area contributed by atoms with Crippen LogP contribution in [0.1, 0.15) is 24.3 Å². The van der Waals surface area contributed by atoms with E-state index in [1.165, 1.54) is 16.9 Å². The summed E-state index contributed by atoms with van der Waals surface area (Å²) in [6, 6.07) is 32.1. The first kappa shape index (κ1) is 42.3. The van der Waals surface area contributed by atoms with Crippen molar-refractivity contribution in [3.8, 4) is 11.5 Å². The lowest BCUT2D eigenvalue weighted by molar-refractivity contribution is -0.126. The number of phenols is 1. The first-order valence-corrected chi connectivity index (χ1v) is 21.7. The van der Waals surface area contributed by atoms with Crippen molar-refractivity contribution >= 4 is 85.1 Å². The van der Waals surface area contributed by atoms with E-state index in [-0.39, 0.29) is 36.2 Å². The van der Waals surface area contributed by atoms with Gasteiger partial charge in [-0.05, 0) is 128 Å². The molecule has 1 N–H and O–H groups in total. The van der Waals surface area contributed by atoms with Crippen molar-refractivity contribution in [3.05, 3.63) is 131 Å². The van der Waals surface area contributed by atoms with Gasteiger partial charge in [0.05, 0.1) is 64.9 Å². The molecule has 64 heavy (non-hydrogen) atoms. The number of benzene rings is 5. The average Bonchev–Trinajstić information content (AvgIpc) is 3.71. The molecule has 0 radical (unpaired) electrons. The molecule has 2 aliphatic heterocycles. The lowest BCUT2D eigenvalue weighted by Gasteiger charge is -2.44. The maximum absolute atomic E-state index is 14.8. The molecule has 15 heteroatoms. The highest BCUT2D eigenvalue weighted by Crippen LogP contribution is 2.60. The Kier molecular flexibility index (Phi) is 11.2. The summed E-state index contributed by atoms with van der Waals surface area (Å²) >= 11 is 3.55. The van der Waals surface area contributed by atoms with Gasteiger partial charge in [0.2, 0.25) is 23.6 Å². The number of anilines is 4.